The smallest absolute Gasteiger partial charge is 0.328 e. The summed E-state index contributed by atoms with van der Waals surface area (Å²) in [6.07, 6.45) is 1.46. The molecule has 0 saturated carbocycles. The lowest BCUT2D eigenvalue weighted by Crippen LogP contribution is -2.20. The fourth-order valence-corrected chi connectivity index (χ4v) is 0.916. The van der Waals surface area contributed by atoms with Gasteiger partial charge >= 0.3 is 5.97 Å². The fourth-order valence-electron chi connectivity index (χ4n) is 0.916. The van der Waals surface area contributed by atoms with Crippen molar-refractivity contribution in [1.29, 1.82) is 0 Å². The number of nitrogens with zero attached hydrogens (tertiary/aromatic N) is 2. The molecule has 6 nitrogen and oxygen atoms in total. The Bertz CT molecular complexity index is 358. The third kappa shape index (κ3) is 1.90. The molecular weight excluding hydrogens is 186 g/mol. The Hall–Kier alpha value is -1.85. The van der Waals surface area contributed by atoms with Gasteiger partial charge in [-0.25, -0.2) is 4.79 Å². The molecule has 1 aromatic heterocycles. The Balaban J connectivity index is 2.88. The van der Waals surface area contributed by atoms with Crippen LogP contribution in [0.4, 0.5) is 0 Å². The molecule has 0 radical (unpaired) electrons. The van der Waals surface area contributed by atoms with Gasteiger partial charge in [-0.2, -0.15) is 5.10 Å². The van der Waals surface area contributed by atoms with E-state index in [0.29, 0.717) is 0 Å². The predicted molar refractivity (Wildman–Crippen MR) is 48.0 cm³/mol. The molecule has 0 bridgehead atoms. The Morgan fingerprint density at radius 1 is 1.64 bits per heavy atom. The van der Waals surface area contributed by atoms with E-state index in [1.807, 2.05) is 0 Å². The maximum absolute atomic E-state index is 11.1. The summed E-state index contributed by atoms with van der Waals surface area (Å²) in [7, 11) is 1.49. The highest BCUT2D eigenvalue weighted by molar-refractivity contribution is 5.91. The van der Waals surface area contributed by atoms with E-state index in [9.17, 15) is 9.59 Å². The number of aliphatic carboxylic acids is 1. The lowest BCUT2D eigenvalue weighted by atomic mass is 10.3. The predicted octanol–water partition coefficient (Wildman–Crippen LogP) is -0.112. The van der Waals surface area contributed by atoms with E-state index in [-0.39, 0.29) is 11.6 Å². The van der Waals surface area contributed by atoms with E-state index in [4.69, 9.17) is 5.11 Å². The number of carbonyl (C=O) groups is 2. The highest BCUT2D eigenvalue weighted by Crippen LogP contribution is 2.05. The van der Waals surface area contributed by atoms with Gasteiger partial charge < -0.3 is 10.4 Å². The number of hydrogen-bond acceptors (Lipinski definition) is 3. The van der Waals surface area contributed by atoms with Crippen LogP contribution in [0.15, 0.2) is 12.3 Å². The molecule has 2 N–H and O–H groups in total. The van der Waals surface area contributed by atoms with Crippen molar-refractivity contribution in [1.82, 2.24) is 15.1 Å². The third-order valence-corrected chi connectivity index (χ3v) is 1.82. The second-order valence-corrected chi connectivity index (χ2v) is 2.77. The summed E-state index contributed by atoms with van der Waals surface area (Å²) in [5, 5.41) is 14.9. The quantitative estimate of drug-likeness (QED) is 0.708. The van der Waals surface area contributed by atoms with Gasteiger partial charge in [0.15, 0.2) is 0 Å². The number of carboxylic acids is 1. The Morgan fingerprint density at radius 3 is 2.79 bits per heavy atom. The molecule has 6 heteroatoms. The maximum Gasteiger partial charge on any atom is 0.328 e. The zero-order chi connectivity index (χ0) is 10.7. The average molecular weight is 197 g/mol. The van der Waals surface area contributed by atoms with Gasteiger partial charge in [0.1, 0.15) is 11.7 Å². The van der Waals surface area contributed by atoms with Crippen molar-refractivity contribution in [2.75, 3.05) is 7.05 Å². The SMILES string of the molecule is CNC(=O)c1ccn([C@@H](C)C(=O)O)n1. The number of carbonyl (C=O) groups excluding carboxylic acids is 1. The van der Waals surface area contributed by atoms with Gasteiger partial charge in [-0.15, -0.1) is 0 Å². The molecule has 0 aromatic carbocycles. The minimum atomic E-state index is -0.989. The van der Waals surface area contributed by atoms with Crippen molar-refractivity contribution in [3.05, 3.63) is 18.0 Å². The number of carboxylic acid groups (broad SMARTS) is 1. The molecule has 14 heavy (non-hydrogen) atoms. The van der Waals surface area contributed by atoms with Gasteiger partial charge in [0.25, 0.3) is 5.91 Å². The zero-order valence-electron chi connectivity index (χ0n) is 7.89. The van der Waals surface area contributed by atoms with Gasteiger partial charge in [-0.3, -0.25) is 9.48 Å². The number of nitrogens with one attached hydrogen (secondary N) is 1. The Morgan fingerprint density at radius 2 is 2.29 bits per heavy atom. The first-order valence-electron chi connectivity index (χ1n) is 4.06. The monoisotopic (exact) mass is 197 g/mol. The molecule has 1 atom stereocenters. The van der Waals surface area contributed by atoms with Crippen LogP contribution in [0, 0.1) is 0 Å². The fraction of sp³-hybridized carbons (Fsp3) is 0.375. The van der Waals surface area contributed by atoms with Crippen molar-refractivity contribution in [3.8, 4) is 0 Å². The molecule has 0 unspecified atom stereocenters. The molecule has 1 heterocycles. The molecule has 0 saturated heterocycles. The molecule has 0 fully saturated rings. The molecule has 1 amide bonds. The largest absolute Gasteiger partial charge is 0.480 e. The van der Waals surface area contributed by atoms with Crippen molar-refractivity contribution in [3.63, 3.8) is 0 Å². The highest BCUT2D eigenvalue weighted by Gasteiger charge is 2.15. The summed E-state index contributed by atoms with van der Waals surface area (Å²) >= 11 is 0. The molecule has 0 aliphatic rings. The average Bonchev–Trinajstić information content (AvgIpc) is 2.64. The topological polar surface area (TPSA) is 84.2 Å². The van der Waals surface area contributed by atoms with Crippen LogP contribution in [0.2, 0.25) is 0 Å². The molecule has 1 aromatic rings. The van der Waals surface area contributed by atoms with E-state index < -0.39 is 12.0 Å². The van der Waals surface area contributed by atoms with Crippen molar-refractivity contribution in [2.24, 2.45) is 0 Å². The Labute approximate surface area is 80.5 Å². The van der Waals surface area contributed by atoms with E-state index >= 15 is 0 Å². The normalized spacial score (nSPS) is 12.1. The van der Waals surface area contributed by atoms with Crippen LogP contribution < -0.4 is 5.32 Å². The van der Waals surface area contributed by atoms with Crippen molar-refractivity contribution >= 4 is 11.9 Å². The zero-order valence-corrected chi connectivity index (χ0v) is 7.89. The first-order valence-corrected chi connectivity index (χ1v) is 4.06. The molecule has 0 spiro atoms. The van der Waals surface area contributed by atoms with Gasteiger partial charge in [0.05, 0.1) is 0 Å². The van der Waals surface area contributed by atoms with E-state index in [1.54, 1.807) is 0 Å². The van der Waals surface area contributed by atoms with Crippen molar-refractivity contribution < 1.29 is 14.7 Å². The summed E-state index contributed by atoms with van der Waals surface area (Å²) in [4.78, 5) is 21.7. The van der Waals surface area contributed by atoms with E-state index in [2.05, 4.69) is 10.4 Å². The van der Waals surface area contributed by atoms with Crippen LogP contribution in [-0.2, 0) is 4.79 Å². The molecule has 0 aliphatic carbocycles. The summed E-state index contributed by atoms with van der Waals surface area (Å²) in [6, 6.07) is 0.701. The first kappa shape index (κ1) is 10.2. The Kier molecular flexibility index (Phi) is 2.85. The summed E-state index contributed by atoms with van der Waals surface area (Å²) in [5.41, 5.74) is 0.209. The molecule has 76 valence electrons. The standard InChI is InChI=1S/C8H11N3O3/c1-5(8(13)14)11-4-3-6(10-11)7(12)9-2/h3-5H,1-2H3,(H,9,12)(H,13,14)/t5-/m0/s1. The summed E-state index contributed by atoms with van der Waals surface area (Å²) in [6.45, 7) is 1.49. The van der Waals surface area contributed by atoms with E-state index in [1.165, 1.54) is 30.9 Å². The molecular formula is C8H11N3O3. The van der Waals surface area contributed by atoms with E-state index in [0.717, 1.165) is 0 Å². The van der Waals surface area contributed by atoms with Gasteiger partial charge in [0.2, 0.25) is 0 Å². The number of hydrogen-bond donors (Lipinski definition) is 2. The third-order valence-electron chi connectivity index (χ3n) is 1.82. The number of amides is 1. The van der Waals surface area contributed by atoms with Gasteiger partial charge in [-0.1, -0.05) is 0 Å². The van der Waals surface area contributed by atoms with Gasteiger partial charge in [0, 0.05) is 13.2 Å². The minimum absolute atomic E-state index is 0.209. The lowest BCUT2D eigenvalue weighted by Gasteiger charge is -2.05. The van der Waals surface area contributed by atoms with Crippen LogP contribution in [0.5, 0.6) is 0 Å². The summed E-state index contributed by atoms with van der Waals surface area (Å²) < 4.78 is 1.23. The minimum Gasteiger partial charge on any atom is -0.480 e. The molecule has 0 aliphatic heterocycles. The number of rotatable bonds is 3. The highest BCUT2D eigenvalue weighted by atomic mass is 16.4. The lowest BCUT2D eigenvalue weighted by molar-refractivity contribution is -0.140. The molecule has 1 rings (SSSR count). The van der Waals surface area contributed by atoms with Crippen LogP contribution >= 0.6 is 0 Å². The van der Waals surface area contributed by atoms with Crippen LogP contribution in [0.25, 0.3) is 0 Å². The van der Waals surface area contributed by atoms with Crippen LogP contribution in [0.1, 0.15) is 23.5 Å². The first-order chi connectivity index (χ1) is 6.56. The van der Waals surface area contributed by atoms with Crippen molar-refractivity contribution in [2.45, 2.75) is 13.0 Å². The number of aromatic nitrogens is 2. The van der Waals surface area contributed by atoms with Crippen LogP contribution in [0.3, 0.4) is 0 Å². The maximum atomic E-state index is 11.1. The summed E-state index contributed by atoms with van der Waals surface area (Å²) in [5.74, 6) is -1.32. The van der Waals surface area contributed by atoms with Crippen LogP contribution in [-0.4, -0.2) is 33.8 Å². The second kappa shape index (κ2) is 3.91. The van der Waals surface area contributed by atoms with Gasteiger partial charge in [-0.05, 0) is 13.0 Å². The second-order valence-electron chi connectivity index (χ2n) is 2.77.